The standard InChI is InChI=1S/C14H11ClN2O2/c1-8-10(9-4-2-3-5-12(9)16-8)6-11-13(7-15)17-19-14(11)18/h2-6,17H,7H2,1H3/b10-6-. The van der Waals surface area contributed by atoms with Crippen LogP contribution >= 0.6 is 11.6 Å². The molecule has 4 nitrogen and oxygen atoms in total. The molecule has 0 bridgehead atoms. The third-order valence-corrected chi connectivity index (χ3v) is 3.37. The predicted octanol–water partition coefficient (Wildman–Crippen LogP) is 3.35. The Hall–Kier alpha value is -2.07. The third-order valence-electron chi connectivity index (χ3n) is 3.11. The van der Waals surface area contributed by atoms with Gasteiger partial charge in [-0.05, 0) is 19.1 Å². The van der Waals surface area contributed by atoms with Crippen LogP contribution in [0.1, 0.15) is 23.7 Å². The minimum absolute atomic E-state index is 0.197. The summed E-state index contributed by atoms with van der Waals surface area (Å²) in [6.07, 6.45) is 1.78. The second-order valence-electron chi connectivity index (χ2n) is 4.29. The van der Waals surface area contributed by atoms with Gasteiger partial charge in [0, 0.05) is 16.8 Å². The Morgan fingerprint density at radius 2 is 2.21 bits per heavy atom. The summed E-state index contributed by atoms with van der Waals surface area (Å²) < 4.78 is 4.77. The van der Waals surface area contributed by atoms with Gasteiger partial charge in [0.25, 0.3) is 0 Å². The number of para-hydroxylation sites is 1. The van der Waals surface area contributed by atoms with Crippen LogP contribution in [0.5, 0.6) is 0 Å². The van der Waals surface area contributed by atoms with Gasteiger partial charge >= 0.3 is 5.63 Å². The third kappa shape index (κ3) is 1.94. The fourth-order valence-electron chi connectivity index (χ4n) is 2.15. The lowest BCUT2D eigenvalue weighted by Gasteiger charge is -2.00. The van der Waals surface area contributed by atoms with Crippen LogP contribution in [0.25, 0.3) is 11.6 Å². The van der Waals surface area contributed by atoms with Crippen LogP contribution in [0.4, 0.5) is 5.69 Å². The Kier molecular flexibility index (Phi) is 2.87. The van der Waals surface area contributed by atoms with E-state index in [4.69, 9.17) is 16.1 Å². The molecular formula is C14H11ClN2O2. The lowest BCUT2D eigenvalue weighted by atomic mass is 10.0. The monoisotopic (exact) mass is 274 g/mol. The number of fused-ring (bicyclic) bond motifs is 1. The molecule has 3 rings (SSSR count). The number of nitrogens with one attached hydrogen (secondary N) is 1. The molecule has 0 saturated carbocycles. The quantitative estimate of drug-likeness (QED) is 0.854. The zero-order chi connectivity index (χ0) is 13.4. The van der Waals surface area contributed by atoms with Crippen LogP contribution in [-0.2, 0) is 5.88 Å². The molecule has 96 valence electrons. The normalized spacial score (nSPS) is 15.7. The van der Waals surface area contributed by atoms with Crippen molar-refractivity contribution in [2.24, 2.45) is 4.99 Å². The SMILES string of the molecule is CC1=Nc2ccccc2/C1=C\c1c(CCl)[nH]oc1=O. The Labute approximate surface area is 114 Å². The van der Waals surface area contributed by atoms with Gasteiger partial charge in [0.1, 0.15) is 0 Å². The number of aromatic nitrogens is 1. The molecule has 0 unspecified atom stereocenters. The highest BCUT2D eigenvalue weighted by atomic mass is 35.5. The Balaban J connectivity index is 2.17. The average molecular weight is 275 g/mol. The van der Waals surface area contributed by atoms with Crippen LogP contribution in [0.2, 0.25) is 0 Å². The van der Waals surface area contributed by atoms with Gasteiger partial charge in [-0.2, -0.15) is 0 Å². The first-order valence-electron chi connectivity index (χ1n) is 5.84. The molecule has 1 aromatic heterocycles. The van der Waals surface area contributed by atoms with E-state index in [9.17, 15) is 4.79 Å². The highest BCUT2D eigenvalue weighted by Crippen LogP contribution is 2.35. The fourth-order valence-corrected chi connectivity index (χ4v) is 2.35. The van der Waals surface area contributed by atoms with E-state index < -0.39 is 5.63 Å². The zero-order valence-corrected chi connectivity index (χ0v) is 11.0. The molecule has 0 fully saturated rings. The summed E-state index contributed by atoms with van der Waals surface area (Å²) in [5.41, 5.74) is 4.35. The lowest BCUT2D eigenvalue weighted by molar-refractivity contribution is 0.386. The number of aromatic amines is 1. The van der Waals surface area contributed by atoms with E-state index in [1.165, 1.54) is 0 Å². The highest BCUT2D eigenvalue weighted by molar-refractivity contribution is 6.31. The second kappa shape index (κ2) is 4.55. The Bertz CT molecular complexity index is 753. The zero-order valence-electron chi connectivity index (χ0n) is 10.2. The lowest BCUT2D eigenvalue weighted by Crippen LogP contribution is -2.00. The van der Waals surface area contributed by atoms with Gasteiger partial charge in [0.05, 0.1) is 22.8 Å². The summed E-state index contributed by atoms with van der Waals surface area (Å²) in [5, 5.41) is 2.53. The molecule has 1 aliphatic heterocycles. The van der Waals surface area contributed by atoms with Crippen molar-refractivity contribution in [2.75, 3.05) is 0 Å². The molecule has 2 aromatic rings. The van der Waals surface area contributed by atoms with Crippen molar-refractivity contribution in [2.45, 2.75) is 12.8 Å². The van der Waals surface area contributed by atoms with Gasteiger partial charge in [-0.1, -0.05) is 18.2 Å². The van der Waals surface area contributed by atoms with Gasteiger partial charge in [-0.25, -0.2) is 9.95 Å². The molecule has 1 aliphatic rings. The first-order chi connectivity index (χ1) is 9.20. The van der Waals surface area contributed by atoms with E-state index >= 15 is 0 Å². The molecule has 5 heteroatoms. The van der Waals surface area contributed by atoms with Gasteiger partial charge < -0.3 is 4.52 Å². The molecule has 1 aromatic carbocycles. The number of aliphatic imine (C=N–C) groups is 1. The van der Waals surface area contributed by atoms with E-state index in [0.29, 0.717) is 11.3 Å². The van der Waals surface area contributed by atoms with Crippen molar-refractivity contribution < 1.29 is 4.52 Å². The number of benzene rings is 1. The molecule has 0 atom stereocenters. The topological polar surface area (TPSA) is 58.4 Å². The first kappa shape index (κ1) is 12.0. The van der Waals surface area contributed by atoms with Crippen LogP contribution < -0.4 is 5.63 Å². The molecule has 0 amide bonds. The molecule has 2 heterocycles. The first-order valence-corrected chi connectivity index (χ1v) is 6.37. The fraction of sp³-hybridized carbons (Fsp3) is 0.143. The Morgan fingerprint density at radius 1 is 1.42 bits per heavy atom. The van der Waals surface area contributed by atoms with Crippen LogP contribution in [0.15, 0.2) is 38.6 Å². The number of H-pyrrole nitrogens is 1. The average Bonchev–Trinajstić information content (AvgIpc) is 2.92. The number of nitrogens with zero attached hydrogens (tertiary/aromatic N) is 1. The van der Waals surface area contributed by atoms with E-state index in [2.05, 4.69) is 10.1 Å². The van der Waals surface area contributed by atoms with Gasteiger partial charge in [-0.3, -0.25) is 4.99 Å². The maximum absolute atomic E-state index is 11.7. The molecule has 0 radical (unpaired) electrons. The molecular weight excluding hydrogens is 264 g/mol. The van der Waals surface area contributed by atoms with Crippen molar-refractivity contribution in [1.82, 2.24) is 5.16 Å². The van der Waals surface area contributed by atoms with Crippen molar-refractivity contribution in [3.05, 3.63) is 51.5 Å². The summed E-state index contributed by atoms with van der Waals surface area (Å²) in [6, 6.07) is 7.81. The van der Waals surface area contributed by atoms with Crippen molar-refractivity contribution in [3.63, 3.8) is 0 Å². The van der Waals surface area contributed by atoms with Crippen molar-refractivity contribution in [1.29, 1.82) is 0 Å². The summed E-state index contributed by atoms with van der Waals surface area (Å²) in [4.78, 5) is 16.1. The summed E-state index contributed by atoms with van der Waals surface area (Å²) in [5.74, 6) is 0.197. The van der Waals surface area contributed by atoms with E-state index in [-0.39, 0.29) is 5.88 Å². The van der Waals surface area contributed by atoms with Crippen LogP contribution in [0, 0.1) is 0 Å². The number of halogens is 1. The predicted molar refractivity (Wildman–Crippen MR) is 76.0 cm³/mol. The van der Waals surface area contributed by atoms with Crippen LogP contribution in [0.3, 0.4) is 0 Å². The maximum atomic E-state index is 11.7. The van der Waals surface area contributed by atoms with Crippen molar-refractivity contribution in [3.8, 4) is 0 Å². The van der Waals surface area contributed by atoms with Gasteiger partial charge in [-0.15, -0.1) is 11.6 Å². The Morgan fingerprint density at radius 3 is 3.00 bits per heavy atom. The molecule has 0 spiro atoms. The van der Waals surface area contributed by atoms with Crippen molar-refractivity contribution >= 4 is 34.6 Å². The van der Waals surface area contributed by atoms with Gasteiger partial charge in [0.15, 0.2) is 0 Å². The number of alkyl halides is 1. The summed E-state index contributed by atoms with van der Waals surface area (Å²) >= 11 is 5.78. The summed E-state index contributed by atoms with van der Waals surface area (Å²) in [7, 11) is 0. The minimum atomic E-state index is -0.416. The number of rotatable bonds is 2. The highest BCUT2D eigenvalue weighted by Gasteiger charge is 2.19. The van der Waals surface area contributed by atoms with Gasteiger partial charge in [0.2, 0.25) is 0 Å². The maximum Gasteiger partial charge on any atom is 0.364 e. The smallest absolute Gasteiger partial charge is 0.338 e. The number of allylic oxidation sites excluding steroid dienone is 1. The number of hydrogen-bond acceptors (Lipinski definition) is 3. The molecule has 0 saturated heterocycles. The molecule has 0 aliphatic carbocycles. The van der Waals surface area contributed by atoms with E-state index in [1.54, 1.807) is 6.08 Å². The minimum Gasteiger partial charge on any atom is -0.338 e. The van der Waals surface area contributed by atoms with Crippen LogP contribution in [-0.4, -0.2) is 10.9 Å². The molecule has 19 heavy (non-hydrogen) atoms. The van der Waals surface area contributed by atoms with E-state index in [1.807, 2.05) is 31.2 Å². The molecule has 1 N–H and O–H groups in total. The second-order valence-corrected chi connectivity index (χ2v) is 4.56. The van der Waals surface area contributed by atoms with E-state index in [0.717, 1.165) is 22.5 Å². The largest absolute Gasteiger partial charge is 0.364 e. The summed E-state index contributed by atoms with van der Waals surface area (Å²) in [6.45, 7) is 1.92. The number of hydrogen-bond donors (Lipinski definition) is 1.